The molecule has 1 N–H and O–H groups in total. The first-order valence-electron chi connectivity index (χ1n) is 8.28. The van der Waals surface area contributed by atoms with E-state index in [2.05, 4.69) is 34.7 Å². The first kappa shape index (κ1) is 20.3. The number of nitrogens with one attached hydrogen (secondary N) is 1. The fourth-order valence-corrected chi connectivity index (χ4v) is 2.18. The first-order valence-corrected chi connectivity index (χ1v) is 8.28. The highest BCUT2D eigenvalue weighted by Crippen LogP contribution is 2.13. The summed E-state index contributed by atoms with van der Waals surface area (Å²) in [5.74, 6) is -0.162. The van der Waals surface area contributed by atoms with E-state index in [0.29, 0.717) is 12.1 Å². The van der Waals surface area contributed by atoms with Crippen molar-refractivity contribution in [2.24, 2.45) is 9.98 Å². The van der Waals surface area contributed by atoms with Gasteiger partial charge >= 0.3 is 0 Å². The molecule has 25 heavy (non-hydrogen) atoms. The Hall–Kier alpha value is -2.75. The molecule has 0 aliphatic rings. The van der Waals surface area contributed by atoms with Gasteiger partial charge in [-0.05, 0) is 74.5 Å². The van der Waals surface area contributed by atoms with Gasteiger partial charge in [-0.25, -0.2) is 4.39 Å². The fraction of sp³-hybridized carbons (Fsp3) is 0.238. The average Bonchev–Trinajstić information content (AvgIpc) is 2.60. The predicted molar refractivity (Wildman–Crippen MR) is 107 cm³/mol. The first-order chi connectivity index (χ1) is 12.1. The van der Waals surface area contributed by atoms with Gasteiger partial charge in [-0.1, -0.05) is 24.8 Å². The molecule has 0 saturated heterocycles. The molecule has 0 atom stereocenters. The van der Waals surface area contributed by atoms with Crippen LogP contribution in [0.1, 0.15) is 24.5 Å². The molecule has 0 aliphatic heterocycles. The third-order valence-corrected chi connectivity index (χ3v) is 3.47. The summed E-state index contributed by atoms with van der Waals surface area (Å²) in [6.45, 7) is 11.5. The van der Waals surface area contributed by atoms with E-state index in [1.54, 1.807) is 31.6 Å². The number of hydrogen-bond donors (Lipinski definition) is 1. The molecule has 1 aromatic rings. The standard InChI is InChI=1S/C21H26FN3/c1-5-24-15-12-19(21(25-6-2)13-14-23-4)9-7-8-18-11-10-17(3)20(22)16-18/h5,9-16,24H,1,4,6-8H2,2-3H3/b14-13-,15-12-,19-9+,25-21-. The summed E-state index contributed by atoms with van der Waals surface area (Å²) in [6.07, 6.45) is 12.4. The Labute approximate surface area is 150 Å². The van der Waals surface area contributed by atoms with E-state index in [1.807, 2.05) is 31.2 Å². The van der Waals surface area contributed by atoms with Crippen LogP contribution in [-0.4, -0.2) is 19.0 Å². The van der Waals surface area contributed by atoms with Gasteiger partial charge < -0.3 is 5.32 Å². The van der Waals surface area contributed by atoms with Crippen LogP contribution in [0.4, 0.5) is 4.39 Å². The molecule has 0 amide bonds. The minimum absolute atomic E-state index is 0.162. The van der Waals surface area contributed by atoms with Crippen molar-refractivity contribution in [3.8, 4) is 0 Å². The van der Waals surface area contributed by atoms with Gasteiger partial charge in [0.2, 0.25) is 0 Å². The van der Waals surface area contributed by atoms with Gasteiger partial charge in [-0.3, -0.25) is 9.98 Å². The smallest absolute Gasteiger partial charge is 0.126 e. The molecule has 0 radical (unpaired) electrons. The van der Waals surface area contributed by atoms with Crippen LogP contribution in [0.15, 0.2) is 77.2 Å². The molecule has 3 nitrogen and oxygen atoms in total. The van der Waals surface area contributed by atoms with Gasteiger partial charge in [0.25, 0.3) is 0 Å². The SMILES string of the molecule is C=CN\C=C/C(=C\CCc1ccc(C)c(F)c1)C(/C=C\N=C)=N\CC. The molecule has 4 heteroatoms. The number of allylic oxidation sites excluding steroid dienone is 4. The highest BCUT2D eigenvalue weighted by molar-refractivity contribution is 6.10. The molecule has 0 saturated carbocycles. The van der Waals surface area contributed by atoms with Crippen molar-refractivity contribution in [3.05, 3.63) is 84.1 Å². The van der Waals surface area contributed by atoms with Crippen LogP contribution in [0.25, 0.3) is 0 Å². The Balaban J connectivity index is 2.96. The molecule has 1 rings (SSSR count). The molecule has 0 bridgehead atoms. The summed E-state index contributed by atoms with van der Waals surface area (Å²) in [6, 6.07) is 5.37. The van der Waals surface area contributed by atoms with Gasteiger partial charge in [-0.15, -0.1) is 0 Å². The monoisotopic (exact) mass is 339 g/mol. The molecule has 0 heterocycles. The molecule has 0 spiro atoms. The van der Waals surface area contributed by atoms with Crippen LogP contribution in [0.5, 0.6) is 0 Å². The van der Waals surface area contributed by atoms with E-state index >= 15 is 0 Å². The molecule has 0 aliphatic carbocycles. The number of aliphatic imine (C=N–C) groups is 2. The summed E-state index contributed by atoms with van der Waals surface area (Å²) in [7, 11) is 0. The van der Waals surface area contributed by atoms with E-state index in [0.717, 1.165) is 29.7 Å². The molecule has 1 aromatic carbocycles. The minimum Gasteiger partial charge on any atom is -0.368 e. The third-order valence-electron chi connectivity index (χ3n) is 3.47. The largest absolute Gasteiger partial charge is 0.368 e. The van der Waals surface area contributed by atoms with Crippen molar-refractivity contribution in [1.29, 1.82) is 0 Å². The van der Waals surface area contributed by atoms with Gasteiger partial charge in [0.05, 0.1) is 5.71 Å². The molecule has 0 aromatic heterocycles. The number of nitrogens with zero attached hydrogens (tertiary/aromatic N) is 2. The maximum Gasteiger partial charge on any atom is 0.126 e. The molecule has 0 unspecified atom stereocenters. The van der Waals surface area contributed by atoms with Crippen LogP contribution in [0.3, 0.4) is 0 Å². The van der Waals surface area contributed by atoms with Crippen molar-refractivity contribution in [2.75, 3.05) is 6.54 Å². The van der Waals surface area contributed by atoms with Gasteiger partial charge in [0, 0.05) is 18.9 Å². The van der Waals surface area contributed by atoms with E-state index in [-0.39, 0.29) is 5.82 Å². The lowest BCUT2D eigenvalue weighted by molar-refractivity contribution is 0.616. The highest BCUT2D eigenvalue weighted by atomic mass is 19.1. The Morgan fingerprint density at radius 2 is 2.12 bits per heavy atom. The Morgan fingerprint density at radius 1 is 1.32 bits per heavy atom. The minimum atomic E-state index is -0.162. The Kier molecular flexibility index (Phi) is 9.53. The summed E-state index contributed by atoms with van der Waals surface area (Å²) >= 11 is 0. The molecule has 132 valence electrons. The van der Waals surface area contributed by atoms with E-state index in [4.69, 9.17) is 0 Å². The molecule has 0 fully saturated rings. The van der Waals surface area contributed by atoms with Gasteiger partial charge in [0.15, 0.2) is 0 Å². The predicted octanol–water partition coefficient (Wildman–Crippen LogP) is 4.92. The quantitative estimate of drug-likeness (QED) is 0.477. The van der Waals surface area contributed by atoms with Crippen molar-refractivity contribution in [3.63, 3.8) is 0 Å². The topological polar surface area (TPSA) is 36.8 Å². The lowest BCUT2D eigenvalue weighted by atomic mass is 10.0. The van der Waals surface area contributed by atoms with E-state index in [1.165, 1.54) is 0 Å². The van der Waals surface area contributed by atoms with Crippen LogP contribution in [0.2, 0.25) is 0 Å². The summed E-state index contributed by atoms with van der Waals surface area (Å²) in [5.41, 5.74) is 3.43. The number of hydrogen-bond acceptors (Lipinski definition) is 3. The second kappa shape index (κ2) is 11.7. The molecular weight excluding hydrogens is 313 g/mol. The average molecular weight is 339 g/mol. The summed E-state index contributed by atoms with van der Waals surface area (Å²) < 4.78 is 13.6. The Morgan fingerprint density at radius 3 is 2.76 bits per heavy atom. The Bertz CT molecular complexity index is 697. The lowest BCUT2D eigenvalue weighted by Crippen LogP contribution is -2.01. The number of benzene rings is 1. The van der Waals surface area contributed by atoms with Crippen LogP contribution in [0, 0.1) is 12.7 Å². The highest BCUT2D eigenvalue weighted by Gasteiger charge is 2.02. The maximum atomic E-state index is 13.6. The van der Waals surface area contributed by atoms with Crippen molar-refractivity contribution in [2.45, 2.75) is 26.7 Å². The van der Waals surface area contributed by atoms with Crippen LogP contribution < -0.4 is 5.32 Å². The zero-order valence-electron chi connectivity index (χ0n) is 15.0. The second-order valence-corrected chi connectivity index (χ2v) is 5.34. The number of aryl methyl sites for hydroxylation is 2. The second-order valence-electron chi connectivity index (χ2n) is 5.34. The zero-order valence-corrected chi connectivity index (χ0v) is 15.0. The van der Waals surface area contributed by atoms with Crippen LogP contribution >= 0.6 is 0 Å². The van der Waals surface area contributed by atoms with E-state index in [9.17, 15) is 4.39 Å². The fourth-order valence-electron chi connectivity index (χ4n) is 2.18. The van der Waals surface area contributed by atoms with Crippen LogP contribution in [-0.2, 0) is 6.42 Å². The maximum absolute atomic E-state index is 13.6. The van der Waals surface area contributed by atoms with Crippen molar-refractivity contribution in [1.82, 2.24) is 5.32 Å². The normalized spacial score (nSPS) is 12.8. The summed E-state index contributed by atoms with van der Waals surface area (Å²) in [4.78, 5) is 8.25. The number of rotatable bonds is 10. The van der Waals surface area contributed by atoms with Crippen molar-refractivity contribution >= 4 is 12.4 Å². The van der Waals surface area contributed by atoms with Crippen molar-refractivity contribution < 1.29 is 4.39 Å². The van der Waals surface area contributed by atoms with E-state index < -0.39 is 0 Å². The summed E-state index contributed by atoms with van der Waals surface area (Å²) in [5, 5.41) is 2.93. The third kappa shape index (κ3) is 7.57. The van der Waals surface area contributed by atoms with Gasteiger partial charge in [0.1, 0.15) is 5.82 Å². The zero-order chi connectivity index (χ0) is 18.5. The molecular formula is C21H26FN3. The van der Waals surface area contributed by atoms with Gasteiger partial charge in [-0.2, -0.15) is 0 Å². The lowest BCUT2D eigenvalue weighted by Gasteiger charge is -2.05. The number of halogens is 1.